The molecule has 0 unspecified atom stereocenters. The molecule has 3 N–H and O–H groups in total. The minimum Gasteiger partial charge on any atom is -0.457 e. The number of piperidine rings is 1. The van der Waals surface area contributed by atoms with Gasteiger partial charge in [-0.05, 0) is 103 Å². The van der Waals surface area contributed by atoms with Gasteiger partial charge in [0, 0.05) is 48.3 Å². The van der Waals surface area contributed by atoms with Crippen LogP contribution in [0.2, 0.25) is 0 Å². The van der Waals surface area contributed by atoms with Crippen LogP contribution >= 0.6 is 12.4 Å². The quantitative estimate of drug-likeness (QED) is 0.181. The second-order valence-electron chi connectivity index (χ2n) is 10.4. The van der Waals surface area contributed by atoms with Gasteiger partial charge in [0.25, 0.3) is 5.91 Å². The van der Waals surface area contributed by atoms with Crippen LogP contribution in [0.1, 0.15) is 28.8 Å². The van der Waals surface area contributed by atoms with E-state index in [0.717, 1.165) is 44.4 Å². The number of hydrogen-bond acceptors (Lipinski definition) is 6. The van der Waals surface area contributed by atoms with Crippen molar-refractivity contribution >= 4 is 45.4 Å². The van der Waals surface area contributed by atoms with Crippen LogP contribution < -0.4 is 20.1 Å². The fraction of sp³-hybridized carbons (Fsp3) is 0.219. The zero-order valence-electron chi connectivity index (χ0n) is 23.6. The van der Waals surface area contributed by atoms with E-state index in [1.54, 1.807) is 36.4 Å². The fourth-order valence-electron chi connectivity index (χ4n) is 4.79. The number of carbonyl (C=O) groups is 1. The molecule has 4 aromatic carbocycles. The molecule has 0 bridgehead atoms. The first-order valence-electron chi connectivity index (χ1n) is 13.7. The maximum Gasteiger partial charge on any atom is 0.255 e. The molecule has 0 aliphatic carbocycles. The molecule has 0 atom stereocenters. The van der Waals surface area contributed by atoms with Crippen molar-refractivity contribution in [1.82, 2.24) is 4.90 Å². The van der Waals surface area contributed by atoms with Gasteiger partial charge < -0.3 is 15.4 Å². The van der Waals surface area contributed by atoms with Crippen LogP contribution in [0.3, 0.4) is 0 Å². The molecule has 1 aliphatic rings. The lowest BCUT2D eigenvalue weighted by molar-refractivity contribution is 0.102. The van der Waals surface area contributed by atoms with Crippen molar-refractivity contribution in [3.8, 4) is 11.5 Å². The number of likely N-dealkylation sites (tertiary alicyclic amines) is 1. The van der Waals surface area contributed by atoms with Crippen molar-refractivity contribution in [3.63, 3.8) is 0 Å². The van der Waals surface area contributed by atoms with E-state index < -0.39 is 10.0 Å². The molecule has 43 heavy (non-hydrogen) atoms. The Morgan fingerprint density at radius 3 is 1.93 bits per heavy atom. The first-order chi connectivity index (χ1) is 20.2. The number of carbonyl (C=O) groups excluding carboxylic acids is 1. The summed E-state index contributed by atoms with van der Waals surface area (Å²) in [5.74, 6) is 0.755. The van der Waals surface area contributed by atoms with E-state index in [1.807, 2.05) is 24.3 Å². The minimum atomic E-state index is -3.32. The SMILES string of the molecule is CS(=O)(=O)Nc1ccc(Oc2ccc(CN3CCC(Nc4ccc(C(=O)Nc5ccc(F)cc5)cc4)CC3)cc2)cc1.Cl. The molecule has 0 aromatic heterocycles. The summed E-state index contributed by atoms with van der Waals surface area (Å²) < 4.78 is 44.1. The highest BCUT2D eigenvalue weighted by atomic mass is 35.5. The molecule has 226 valence electrons. The maximum absolute atomic E-state index is 13.1. The first-order valence-corrected chi connectivity index (χ1v) is 15.6. The Labute approximate surface area is 257 Å². The molecular formula is C32H34ClFN4O4S. The van der Waals surface area contributed by atoms with Crippen molar-refractivity contribution in [3.05, 3.63) is 114 Å². The lowest BCUT2D eigenvalue weighted by atomic mass is 10.0. The third-order valence-corrected chi connectivity index (χ3v) is 7.54. The topological polar surface area (TPSA) is 99.8 Å². The summed E-state index contributed by atoms with van der Waals surface area (Å²) in [5.41, 5.74) is 3.75. The van der Waals surface area contributed by atoms with Crippen LogP contribution in [0.15, 0.2) is 97.1 Å². The van der Waals surface area contributed by atoms with Gasteiger partial charge in [0.2, 0.25) is 10.0 Å². The molecule has 1 heterocycles. The number of benzene rings is 4. The number of nitrogens with one attached hydrogen (secondary N) is 3. The van der Waals surface area contributed by atoms with Gasteiger partial charge in [-0.1, -0.05) is 12.1 Å². The van der Waals surface area contributed by atoms with Crippen LogP contribution in [-0.4, -0.2) is 44.6 Å². The molecule has 1 amide bonds. The molecule has 4 aromatic rings. The molecule has 8 nitrogen and oxygen atoms in total. The smallest absolute Gasteiger partial charge is 0.255 e. The summed E-state index contributed by atoms with van der Waals surface area (Å²) in [5, 5.41) is 6.36. The summed E-state index contributed by atoms with van der Waals surface area (Å²) in [7, 11) is -3.32. The van der Waals surface area contributed by atoms with Gasteiger partial charge in [-0.2, -0.15) is 0 Å². The van der Waals surface area contributed by atoms with Crippen molar-refractivity contribution in [2.24, 2.45) is 0 Å². The van der Waals surface area contributed by atoms with Crippen molar-refractivity contribution in [2.75, 3.05) is 34.7 Å². The van der Waals surface area contributed by atoms with Crippen LogP contribution in [-0.2, 0) is 16.6 Å². The number of amides is 1. The van der Waals surface area contributed by atoms with Gasteiger partial charge in [0.05, 0.1) is 6.26 Å². The predicted octanol–water partition coefficient (Wildman–Crippen LogP) is 6.74. The normalized spacial score (nSPS) is 13.9. The van der Waals surface area contributed by atoms with E-state index >= 15 is 0 Å². The van der Waals surface area contributed by atoms with E-state index in [0.29, 0.717) is 34.5 Å². The first kappa shape index (κ1) is 31.8. The molecule has 1 aliphatic heterocycles. The number of halogens is 2. The van der Waals surface area contributed by atoms with E-state index in [-0.39, 0.29) is 24.1 Å². The van der Waals surface area contributed by atoms with Gasteiger partial charge in [-0.15, -0.1) is 12.4 Å². The van der Waals surface area contributed by atoms with Crippen molar-refractivity contribution < 1.29 is 22.3 Å². The molecule has 1 saturated heterocycles. The Bertz CT molecular complexity index is 1590. The summed E-state index contributed by atoms with van der Waals surface area (Å²) in [4.78, 5) is 14.9. The highest BCUT2D eigenvalue weighted by molar-refractivity contribution is 7.92. The van der Waals surface area contributed by atoms with E-state index in [2.05, 4.69) is 32.4 Å². The Kier molecular flexibility index (Phi) is 10.6. The largest absolute Gasteiger partial charge is 0.457 e. The number of ether oxygens (including phenoxy) is 1. The van der Waals surface area contributed by atoms with Gasteiger partial charge in [-0.3, -0.25) is 14.4 Å². The molecule has 0 radical (unpaired) electrons. The Balaban J connectivity index is 0.00000423. The lowest BCUT2D eigenvalue weighted by Crippen LogP contribution is -2.38. The van der Waals surface area contributed by atoms with Gasteiger partial charge in [0.15, 0.2) is 0 Å². The number of nitrogens with zero attached hydrogens (tertiary/aromatic N) is 1. The Hall–Kier alpha value is -4.12. The average Bonchev–Trinajstić information content (AvgIpc) is 2.97. The van der Waals surface area contributed by atoms with Crippen molar-refractivity contribution in [1.29, 1.82) is 0 Å². The third kappa shape index (κ3) is 9.71. The summed E-state index contributed by atoms with van der Waals surface area (Å²) >= 11 is 0. The van der Waals surface area contributed by atoms with Crippen LogP contribution in [0, 0.1) is 5.82 Å². The molecule has 0 spiro atoms. The molecular weight excluding hydrogens is 591 g/mol. The molecule has 5 rings (SSSR count). The zero-order chi connectivity index (χ0) is 29.5. The maximum atomic E-state index is 13.1. The molecule has 11 heteroatoms. The Morgan fingerprint density at radius 1 is 0.814 bits per heavy atom. The van der Waals surface area contributed by atoms with Crippen LogP contribution in [0.4, 0.5) is 21.5 Å². The summed E-state index contributed by atoms with van der Waals surface area (Å²) in [6.45, 7) is 2.81. The molecule has 0 saturated carbocycles. The van der Waals surface area contributed by atoms with Crippen LogP contribution in [0.25, 0.3) is 0 Å². The summed E-state index contributed by atoms with van der Waals surface area (Å²) in [6.07, 6.45) is 3.14. The average molecular weight is 625 g/mol. The third-order valence-electron chi connectivity index (χ3n) is 6.93. The number of anilines is 3. The fourth-order valence-corrected chi connectivity index (χ4v) is 5.35. The van der Waals surface area contributed by atoms with E-state index in [1.165, 1.54) is 29.8 Å². The summed E-state index contributed by atoms with van der Waals surface area (Å²) in [6, 6.07) is 28.2. The molecule has 1 fully saturated rings. The highest BCUT2D eigenvalue weighted by Crippen LogP contribution is 2.25. The minimum absolute atomic E-state index is 0. The zero-order valence-corrected chi connectivity index (χ0v) is 25.3. The predicted molar refractivity (Wildman–Crippen MR) is 171 cm³/mol. The van der Waals surface area contributed by atoms with E-state index in [4.69, 9.17) is 4.74 Å². The van der Waals surface area contributed by atoms with Gasteiger partial charge in [-0.25, -0.2) is 12.8 Å². The Morgan fingerprint density at radius 2 is 1.35 bits per heavy atom. The van der Waals surface area contributed by atoms with E-state index in [9.17, 15) is 17.6 Å². The number of sulfonamides is 1. The van der Waals surface area contributed by atoms with Gasteiger partial charge >= 0.3 is 0 Å². The number of rotatable bonds is 10. The number of hydrogen-bond donors (Lipinski definition) is 3. The van der Waals surface area contributed by atoms with Crippen molar-refractivity contribution in [2.45, 2.75) is 25.4 Å². The lowest BCUT2D eigenvalue weighted by Gasteiger charge is -2.33. The second kappa shape index (κ2) is 14.4. The van der Waals surface area contributed by atoms with Crippen LogP contribution in [0.5, 0.6) is 11.5 Å². The van der Waals surface area contributed by atoms with Gasteiger partial charge in [0.1, 0.15) is 17.3 Å². The highest BCUT2D eigenvalue weighted by Gasteiger charge is 2.19. The standard InChI is InChI=1S/C32H33FN4O4S.ClH/c1-42(39,40)36-29-12-16-31(17-13-29)41-30-14-2-23(3-15-30)22-37-20-18-28(19-21-37)34-26-8-4-24(5-9-26)32(38)35-27-10-6-25(33)7-11-27;/h2-17,28,34,36H,18-22H2,1H3,(H,35,38);1H. The monoisotopic (exact) mass is 624 g/mol. The second-order valence-corrected chi connectivity index (χ2v) is 12.1.